The number of thiophene rings is 1. The van der Waals surface area contributed by atoms with Gasteiger partial charge in [-0.05, 0) is 54.5 Å². The van der Waals surface area contributed by atoms with E-state index in [1.807, 2.05) is 56.2 Å². The number of carbonyl (C=O) groups excluding carboxylic acids is 2. The highest BCUT2D eigenvalue weighted by Gasteiger charge is 2.29. The van der Waals surface area contributed by atoms with E-state index in [2.05, 4.69) is 13.0 Å². The summed E-state index contributed by atoms with van der Waals surface area (Å²) in [5, 5.41) is 2.05. The average molecular weight is 475 g/mol. The Hall–Kier alpha value is -2.54. The maximum atomic E-state index is 13.4. The van der Waals surface area contributed by atoms with Gasteiger partial charge in [0.2, 0.25) is 11.8 Å². The third-order valence-corrected chi connectivity index (χ3v) is 6.53. The Morgan fingerprint density at radius 3 is 2.24 bits per heavy atom. The van der Waals surface area contributed by atoms with Gasteiger partial charge in [-0.2, -0.15) is 0 Å². The fourth-order valence-corrected chi connectivity index (χ4v) is 4.51. The van der Waals surface area contributed by atoms with Gasteiger partial charge in [-0.15, -0.1) is 11.3 Å². The molecule has 0 saturated carbocycles. The van der Waals surface area contributed by atoms with E-state index in [0.29, 0.717) is 37.6 Å². The van der Waals surface area contributed by atoms with Crippen LogP contribution in [0, 0.1) is 12.3 Å². The second-order valence-corrected chi connectivity index (χ2v) is 10.3. The molecule has 1 heterocycles. The lowest BCUT2D eigenvalue weighted by Crippen LogP contribution is -2.47. The number of carbonyl (C=O) groups is 2. The lowest BCUT2D eigenvalue weighted by atomic mass is 9.94. The first-order valence-electron chi connectivity index (χ1n) is 11.4. The van der Waals surface area contributed by atoms with E-state index in [9.17, 15) is 9.59 Å². The van der Waals surface area contributed by atoms with Crippen LogP contribution in [0.3, 0.4) is 0 Å². The summed E-state index contributed by atoms with van der Waals surface area (Å²) in [6, 6.07) is 7.90. The highest BCUT2D eigenvalue weighted by molar-refractivity contribution is 7.10. The number of amides is 2. The maximum Gasteiger partial charge on any atom is 0.242 e. The number of nitrogens with zero attached hydrogens (tertiary/aromatic N) is 2. The molecule has 33 heavy (non-hydrogen) atoms. The minimum Gasteiger partial charge on any atom is -0.493 e. The van der Waals surface area contributed by atoms with Gasteiger partial charge in [0.25, 0.3) is 0 Å². The average Bonchev–Trinajstić information content (AvgIpc) is 3.18. The zero-order valence-corrected chi connectivity index (χ0v) is 21.9. The van der Waals surface area contributed by atoms with Gasteiger partial charge in [-0.3, -0.25) is 9.59 Å². The molecule has 182 valence electrons. The van der Waals surface area contributed by atoms with Crippen molar-refractivity contribution in [3.05, 3.63) is 45.6 Å². The Morgan fingerprint density at radius 1 is 1.00 bits per heavy atom. The van der Waals surface area contributed by atoms with Gasteiger partial charge in [0.05, 0.1) is 27.3 Å². The van der Waals surface area contributed by atoms with Crippen molar-refractivity contribution in [1.29, 1.82) is 0 Å². The molecule has 0 N–H and O–H groups in total. The minimum absolute atomic E-state index is 0.00449. The molecular formula is C26H38N2O4S. The maximum absolute atomic E-state index is 13.4. The smallest absolute Gasteiger partial charge is 0.242 e. The third kappa shape index (κ3) is 7.49. The molecule has 0 aliphatic heterocycles. The highest BCUT2D eigenvalue weighted by atomic mass is 32.1. The summed E-state index contributed by atoms with van der Waals surface area (Å²) in [6.45, 7) is 11.5. The van der Waals surface area contributed by atoms with Crippen molar-refractivity contribution in [2.75, 3.05) is 33.9 Å². The second-order valence-electron chi connectivity index (χ2n) is 9.26. The first-order chi connectivity index (χ1) is 15.6. The van der Waals surface area contributed by atoms with Crippen LogP contribution < -0.4 is 9.47 Å². The van der Waals surface area contributed by atoms with Crippen LogP contribution in [-0.4, -0.2) is 55.5 Å². The zero-order valence-electron chi connectivity index (χ0n) is 21.1. The van der Waals surface area contributed by atoms with Gasteiger partial charge in [0, 0.05) is 23.4 Å². The summed E-state index contributed by atoms with van der Waals surface area (Å²) >= 11 is 1.66. The third-order valence-electron chi connectivity index (χ3n) is 5.52. The quantitative estimate of drug-likeness (QED) is 0.463. The largest absolute Gasteiger partial charge is 0.493 e. The van der Waals surface area contributed by atoms with Crippen LogP contribution in [-0.2, 0) is 22.6 Å². The van der Waals surface area contributed by atoms with Gasteiger partial charge in [-0.1, -0.05) is 33.8 Å². The van der Waals surface area contributed by atoms with Crippen LogP contribution >= 0.6 is 11.3 Å². The van der Waals surface area contributed by atoms with Crippen molar-refractivity contribution >= 4 is 23.2 Å². The standard InChI is InChI=1S/C26H38N2O4S/c1-8-13-28(25(30)26(3,4)5)18-24(29)27(17-23-19(2)12-15-33-23)14-11-20-9-10-21(31-6)22(16-20)32-7/h9-10,12,15-16H,8,11,13-14,17-18H2,1-7H3. The molecule has 7 heteroatoms. The predicted molar refractivity (Wildman–Crippen MR) is 134 cm³/mol. The van der Waals surface area contributed by atoms with E-state index in [4.69, 9.17) is 9.47 Å². The number of benzene rings is 1. The van der Waals surface area contributed by atoms with Crippen LogP contribution in [0.25, 0.3) is 0 Å². The minimum atomic E-state index is -0.524. The molecule has 0 fully saturated rings. The molecule has 0 spiro atoms. The highest BCUT2D eigenvalue weighted by Crippen LogP contribution is 2.28. The second kappa shape index (κ2) is 12.1. The van der Waals surface area contributed by atoms with E-state index >= 15 is 0 Å². The number of ether oxygens (including phenoxy) is 2. The summed E-state index contributed by atoms with van der Waals surface area (Å²) in [5.74, 6) is 1.32. The summed E-state index contributed by atoms with van der Waals surface area (Å²) in [5.41, 5.74) is 1.72. The topological polar surface area (TPSA) is 59.1 Å². The SMILES string of the molecule is CCCN(CC(=O)N(CCc1ccc(OC)c(OC)c1)Cc1sccc1C)C(=O)C(C)(C)C. The van der Waals surface area contributed by atoms with E-state index < -0.39 is 5.41 Å². The van der Waals surface area contributed by atoms with Gasteiger partial charge in [0.15, 0.2) is 11.5 Å². The first kappa shape index (κ1) is 26.7. The molecule has 0 unspecified atom stereocenters. The number of rotatable bonds is 11. The molecule has 1 aromatic heterocycles. The molecule has 0 bridgehead atoms. The lowest BCUT2D eigenvalue weighted by Gasteiger charge is -2.31. The van der Waals surface area contributed by atoms with Gasteiger partial charge < -0.3 is 19.3 Å². The lowest BCUT2D eigenvalue weighted by molar-refractivity contribution is -0.145. The first-order valence-corrected chi connectivity index (χ1v) is 12.3. The molecule has 6 nitrogen and oxygen atoms in total. The van der Waals surface area contributed by atoms with Gasteiger partial charge in [0.1, 0.15) is 0 Å². The monoisotopic (exact) mass is 474 g/mol. The van der Waals surface area contributed by atoms with E-state index in [1.54, 1.807) is 30.5 Å². The number of aryl methyl sites for hydroxylation is 1. The fourth-order valence-electron chi connectivity index (χ4n) is 3.59. The summed E-state index contributed by atoms with van der Waals surface area (Å²) in [7, 11) is 3.23. The number of hydrogen-bond acceptors (Lipinski definition) is 5. The Labute approximate surface area is 202 Å². The molecule has 0 aliphatic rings. The Kier molecular flexibility index (Phi) is 9.77. The van der Waals surface area contributed by atoms with Crippen LogP contribution in [0.1, 0.15) is 50.1 Å². The van der Waals surface area contributed by atoms with Crippen LogP contribution in [0.15, 0.2) is 29.6 Å². The Bertz CT molecular complexity index is 933. The van der Waals surface area contributed by atoms with Crippen molar-refractivity contribution in [2.24, 2.45) is 5.41 Å². The Balaban J connectivity index is 2.21. The van der Waals surface area contributed by atoms with Crippen molar-refractivity contribution in [1.82, 2.24) is 9.80 Å². The summed E-state index contributed by atoms with van der Waals surface area (Å²) in [6.07, 6.45) is 1.49. The molecule has 0 atom stereocenters. The van der Waals surface area contributed by atoms with Crippen molar-refractivity contribution in [3.63, 3.8) is 0 Å². The van der Waals surface area contributed by atoms with E-state index in [0.717, 1.165) is 12.0 Å². The zero-order chi connectivity index (χ0) is 24.6. The van der Waals surface area contributed by atoms with Crippen molar-refractivity contribution < 1.29 is 19.1 Å². The van der Waals surface area contributed by atoms with Crippen molar-refractivity contribution in [3.8, 4) is 11.5 Å². The molecule has 0 radical (unpaired) electrons. The van der Waals surface area contributed by atoms with Gasteiger partial charge in [-0.25, -0.2) is 0 Å². The summed E-state index contributed by atoms with van der Waals surface area (Å²) < 4.78 is 10.8. The molecule has 2 rings (SSSR count). The molecule has 2 aromatic rings. The van der Waals surface area contributed by atoms with E-state index in [1.165, 1.54) is 10.4 Å². The number of methoxy groups -OCH3 is 2. The van der Waals surface area contributed by atoms with Crippen LogP contribution in [0.2, 0.25) is 0 Å². The van der Waals surface area contributed by atoms with Crippen LogP contribution in [0.5, 0.6) is 11.5 Å². The molecular weight excluding hydrogens is 436 g/mol. The molecule has 1 aromatic carbocycles. The molecule has 2 amide bonds. The predicted octanol–water partition coefficient (Wildman–Crippen LogP) is 4.93. The Morgan fingerprint density at radius 2 is 1.70 bits per heavy atom. The molecule has 0 aliphatic carbocycles. The van der Waals surface area contributed by atoms with Crippen LogP contribution in [0.4, 0.5) is 0 Å². The molecule has 0 saturated heterocycles. The normalized spacial score (nSPS) is 11.2. The van der Waals surface area contributed by atoms with Gasteiger partial charge >= 0.3 is 0 Å². The summed E-state index contributed by atoms with van der Waals surface area (Å²) in [4.78, 5) is 31.1. The fraction of sp³-hybridized carbons (Fsp3) is 0.538. The number of hydrogen-bond donors (Lipinski definition) is 0. The van der Waals surface area contributed by atoms with Crippen molar-refractivity contribution in [2.45, 2.75) is 54.0 Å². The van der Waals surface area contributed by atoms with E-state index in [-0.39, 0.29) is 18.4 Å².